The van der Waals surface area contributed by atoms with Crippen molar-refractivity contribution in [1.82, 2.24) is 0 Å². The van der Waals surface area contributed by atoms with E-state index in [2.05, 4.69) is 25.1 Å². The summed E-state index contributed by atoms with van der Waals surface area (Å²) in [5, 5.41) is 9.56. The third-order valence-electron chi connectivity index (χ3n) is 5.09. The molecule has 1 fully saturated rings. The molecule has 0 amide bonds. The van der Waals surface area contributed by atoms with Crippen molar-refractivity contribution in [2.24, 2.45) is 5.92 Å². The zero-order valence-electron chi connectivity index (χ0n) is 10.9. The molecule has 2 heteroatoms. The fourth-order valence-corrected chi connectivity index (χ4v) is 4.24. The Morgan fingerprint density at radius 3 is 2.72 bits per heavy atom. The monoisotopic (exact) mass is 244 g/mol. The Hall–Kier alpha value is -1.31. The molecule has 1 saturated carbocycles. The summed E-state index contributed by atoms with van der Waals surface area (Å²) in [5.74, 6) is -0.765. The van der Waals surface area contributed by atoms with E-state index in [0.29, 0.717) is 0 Å². The topological polar surface area (TPSA) is 37.3 Å². The van der Waals surface area contributed by atoms with E-state index in [9.17, 15) is 9.90 Å². The Bertz CT molecular complexity index is 484. The molecule has 1 aromatic rings. The van der Waals surface area contributed by atoms with Gasteiger partial charge < -0.3 is 5.11 Å². The molecule has 1 N–H and O–H groups in total. The highest BCUT2D eigenvalue weighted by molar-refractivity contribution is 5.73. The van der Waals surface area contributed by atoms with Gasteiger partial charge in [-0.05, 0) is 49.3 Å². The van der Waals surface area contributed by atoms with Crippen molar-refractivity contribution < 1.29 is 9.90 Å². The van der Waals surface area contributed by atoms with E-state index in [1.165, 1.54) is 29.5 Å². The summed E-state index contributed by atoms with van der Waals surface area (Å²) in [6, 6.07) is 6.43. The Balaban J connectivity index is 2.17. The van der Waals surface area contributed by atoms with E-state index in [4.69, 9.17) is 0 Å². The first-order valence-corrected chi connectivity index (χ1v) is 6.97. The quantitative estimate of drug-likeness (QED) is 0.821. The molecular weight excluding hydrogens is 224 g/mol. The minimum atomic E-state index is -0.593. The average molecular weight is 244 g/mol. The molecule has 0 radical (unpaired) electrons. The van der Waals surface area contributed by atoms with Crippen LogP contribution in [0.4, 0.5) is 0 Å². The maximum absolute atomic E-state index is 11.6. The van der Waals surface area contributed by atoms with Crippen LogP contribution in [0, 0.1) is 12.8 Å². The Morgan fingerprint density at radius 2 is 2.06 bits per heavy atom. The Kier molecular flexibility index (Phi) is 2.69. The number of hydrogen-bond donors (Lipinski definition) is 1. The van der Waals surface area contributed by atoms with Crippen LogP contribution < -0.4 is 0 Å². The first-order valence-electron chi connectivity index (χ1n) is 6.97. The van der Waals surface area contributed by atoms with Crippen LogP contribution in [-0.4, -0.2) is 11.1 Å². The highest BCUT2D eigenvalue weighted by Gasteiger charge is 2.49. The van der Waals surface area contributed by atoms with Gasteiger partial charge in [0.1, 0.15) is 0 Å². The molecule has 1 spiro atoms. The molecule has 96 valence electrons. The van der Waals surface area contributed by atoms with Crippen LogP contribution in [-0.2, 0) is 16.6 Å². The fraction of sp³-hybridized carbons (Fsp3) is 0.562. The number of benzene rings is 1. The van der Waals surface area contributed by atoms with Crippen LogP contribution >= 0.6 is 0 Å². The van der Waals surface area contributed by atoms with Gasteiger partial charge in [0.25, 0.3) is 0 Å². The average Bonchev–Trinajstić information content (AvgIpc) is 2.80. The van der Waals surface area contributed by atoms with E-state index in [0.717, 1.165) is 25.7 Å². The first-order chi connectivity index (χ1) is 8.65. The summed E-state index contributed by atoms with van der Waals surface area (Å²) in [6.45, 7) is 2.16. The largest absolute Gasteiger partial charge is 0.481 e. The maximum atomic E-state index is 11.6. The Morgan fingerprint density at radius 1 is 1.33 bits per heavy atom. The van der Waals surface area contributed by atoms with Crippen molar-refractivity contribution in [2.45, 2.75) is 50.9 Å². The van der Waals surface area contributed by atoms with Crippen molar-refractivity contribution in [3.63, 3.8) is 0 Å². The molecule has 0 aromatic heterocycles. The van der Waals surface area contributed by atoms with E-state index >= 15 is 0 Å². The van der Waals surface area contributed by atoms with Crippen LogP contribution in [0.25, 0.3) is 0 Å². The van der Waals surface area contributed by atoms with Crippen LogP contribution in [0.5, 0.6) is 0 Å². The summed E-state index contributed by atoms with van der Waals surface area (Å²) >= 11 is 0. The highest BCUT2D eigenvalue weighted by atomic mass is 16.4. The summed E-state index contributed by atoms with van der Waals surface area (Å²) in [5.41, 5.74) is 4.05. The van der Waals surface area contributed by atoms with Crippen molar-refractivity contribution in [3.05, 3.63) is 34.9 Å². The number of fused-ring (bicyclic) bond motifs is 2. The second-order valence-corrected chi connectivity index (χ2v) is 5.89. The van der Waals surface area contributed by atoms with E-state index in [-0.39, 0.29) is 11.3 Å². The minimum Gasteiger partial charge on any atom is -0.481 e. The van der Waals surface area contributed by atoms with Gasteiger partial charge in [-0.2, -0.15) is 0 Å². The third kappa shape index (κ3) is 1.51. The number of carboxylic acid groups (broad SMARTS) is 1. The third-order valence-corrected chi connectivity index (χ3v) is 5.09. The van der Waals surface area contributed by atoms with Crippen LogP contribution in [0.2, 0.25) is 0 Å². The smallest absolute Gasteiger partial charge is 0.307 e. The van der Waals surface area contributed by atoms with E-state index in [1.807, 2.05) is 0 Å². The predicted octanol–water partition coefficient (Wildman–Crippen LogP) is 3.45. The lowest BCUT2D eigenvalue weighted by Gasteiger charge is -2.41. The van der Waals surface area contributed by atoms with Crippen LogP contribution in [0.3, 0.4) is 0 Å². The van der Waals surface area contributed by atoms with E-state index < -0.39 is 5.97 Å². The van der Waals surface area contributed by atoms with Gasteiger partial charge in [-0.25, -0.2) is 0 Å². The van der Waals surface area contributed by atoms with Gasteiger partial charge in [-0.15, -0.1) is 0 Å². The number of hydrogen-bond acceptors (Lipinski definition) is 1. The van der Waals surface area contributed by atoms with Gasteiger partial charge in [-0.3, -0.25) is 4.79 Å². The minimum absolute atomic E-state index is 0.0641. The number of rotatable bonds is 1. The van der Waals surface area contributed by atoms with Gasteiger partial charge in [-0.1, -0.05) is 31.0 Å². The van der Waals surface area contributed by atoms with Crippen LogP contribution in [0.15, 0.2) is 18.2 Å². The van der Waals surface area contributed by atoms with Gasteiger partial charge in [0.2, 0.25) is 0 Å². The predicted molar refractivity (Wildman–Crippen MR) is 70.8 cm³/mol. The number of carboxylic acids is 1. The van der Waals surface area contributed by atoms with Gasteiger partial charge in [0.15, 0.2) is 0 Å². The van der Waals surface area contributed by atoms with Crippen molar-refractivity contribution in [1.29, 1.82) is 0 Å². The second kappa shape index (κ2) is 4.11. The molecule has 3 rings (SSSR count). The summed E-state index contributed by atoms with van der Waals surface area (Å²) < 4.78 is 0. The van der Waals surface area contributed by atoms with Crippen molar-refractivity contribution >= 4 is 5.97 Å². The molecule has 0 saturated heterocycles. The first kappa shape index (κ1) is 11.8. The van der Waals surface area contributed by atoms with Crippen LogP contribution in [0.1, 0.15) is 48.8 Å². The molecule has 18 heavy (non-hydrogen) atoms. The molecule has 0 aliphatic heterocycles. The van der Waals surface area contributed by atoms with E-state index in [1.54, 1.807) is 0 Å². The summed E-state index contributed by atoms with van der Waals surface area (Å²) in [4.78, 5) is 11.6. The lowest BCUT2D eigenvalue weighted by molar-refractivity contribution is -0.145. The summed E-state index contributed by atoms with van der Waals surface area (Å²) in [7, 11) is 0. The van der Waals surface area contributed by atoms with Gasteiger partial charge in [0.05, 0.1) is 5.92 Å². The fourth-order valence-electron chi connectivity index (χ4n) is 4.24. The second-order valence-electron chi connectivity index (χ2n) is 5.89. The number of aryl methyl sites for hydroxylation is 1. The SMILES string of the molecule is Cc1cccc2c1CCC(C(=O)O)C21CCCC1. The van der Waals surface area contributed by atoms with Gasteiger partial charge in [0, 0.05) is 5.41 Å². The maximum Gasteiger partial charge on any atom is 0.307 e. The zero-order valence-corrected chi connectivity index (χ0v) is 10.9. The normalized spacial score (nSPS) is 25.1. The molecule has 2 nitrogen and oxygen atoms in total. The molecule has 2 aliphatic rings. The standard InChI is InChI=1S/C16H20O2/c1-11-5-4-6-13-12(11)7-8-14(15(17)18)16(13)9-2-3-10-16/h4-6,14H,2-3,7-10H2,1H3,(H,17,18). The highest BCUT2D eigenvalue weighted by Crippen LogP contribution is 2.52. The number of carbonyl (C=O) groups is 1. The summed E-state index contributed by atoms with van der Waals surface area (Å²) in [6.07, 6.45) is 6.21. The molecule has 2 aliphatic carbocycles. The molecule has 1 aromatic carbocycles. The molecular formula is C16H20O2. The van der Waals surface area contributed by atoms with Crippen molar-refractivity contribution in [3.8, 4) is 0 Å². The Labute approximate surface area is 108 Å². The molecule has 0 bridgehead atoms. The van der Waals surface area contributed by atoms with Gasteiger partial charge >= 0.3 is 5.97 Å². The van der Waals surface area contributed by atoms with Crippen molar-refractivity contribution in [2.75, 3.05) is 0 Å². The molecule has 1 atom stereocenters. The lowest BCUT2D eigenvalue weighted by Crippen LogP contribution is -2.41. The molecule has 0 heterocycles. The number of aliphatic carboxylic acids is 1. The molecule has 1 unspecified atom stereocenters. The lowest BCUT2D eigenvalue weighted by atomic mass is 9.61. The zero-order chi connectivity index (χ0) is 12.8.